The van der Waals surface area contributed by atoms with E-state index in [4.69, 9.17) is 0 Å². The Bertz CT molecular complexity index is 427. The first kappa shape index (κ1) is 10.2. The lowest BCUT2D eigenvalue weighted by molar-refractivity contribution is 0.809. The van der Waals surface area contributed by atoms with Gasteiger partial charge >= 0.3 is 0 Å². The third kappa shape index (κ3) is 2.56. The van der Waals surface area contributed by atoms with Gasteiger partial charge < -0.3 is 10.3 Å². The third-order valence-corrected chi connectivity index (χ3v) is 2.45. The molecule has 4 nitrogen and oxygen atoms in total. The van der Waals surface area contributed by atoms with Gasteiger partial charge in [-0.15, -0.1) is 0 Å². The predicted octanol–water partition coefficient (Wildman–Crippen LogP) is 2.74. The highest BCUT2D eigenvalue weighted by atomic mass is 79.9. The molecule has 2 N–H and O–H groups in total. The van der Waals surface area contributed by atoms with E-state index >= 15 is 0 Å². The van der Waals surface area contributed by atoms with Crippen LogP contribution in [-0.2, 0) is 0 Å². The van der Waals surface area contributed by atoms with E-state index in [1.165, 1.54) is 0 Å². The van der Waals surface area contributed by atoms with Crippen molar-refractivity contribution in [2.45, 2.75) is 13.0 Å². The van der Waals surface area contributed by atoms with E-state index < -0.39 is 0 Å². The maximum absolute atomic E-state index is 4.18. The van der Waals surface area contributed by atoms with Gasteiger partial charge in [0.05, 0.1) is 17.9 Å². The van der Waals surface area contributed by atoms with Gasteiger partial charge in [-0.25, -0.2) is 4.98 Å². The van der Waals surface area contributed by atoms with Crippen molar-refractivity contribution in [3.8, 4) is 0 Å². The second kappa shape index (κ2) is 4.44. The van der Waals surface area contributed by atoms with E-state index in [0.29, 0.717) is 0 Å². The summed E-state index contributed by atoms with van der Waals surface area (Å²) in [4.78, 5) is 11.3. The van der Waals surface area contributed by atoms with Gasteiger partial charge in [0.15, 0.2) is 0 Å². The minimum Gasteiger partial charge on any atom is -0.374 e. The molecular weight excluding hydrogens is 256 g/mol. The summed E-state index contributed by atoms with van der Waals surface area (Å²) >= 11 is 3.37. The van der Waals surface area contributed by atoms with Crippen LogP contribution in [0.1, 0.15) is 18.8 Å². The molecule has 2 aromatic rings. The molecule has 0 aliphatic heterocycles. The van der Waals surface area contributed by atoms with Gasteiger partial charge in [-0.1, -0.05) is 0 Å². The Hall–Kier alpha value is -1.36. The van der Waals surface area contributed by atoms with Crippen LogP contribution in [0.5, 0.6) is 0 Å². The zero-order chi connectivity index (χ0) is 10.7. The summed E-state index contributed by atoms with van der Waals surface area (Å²) in [6.07, 6.45) is 7.09. The summed E-state index contributed by atoms with van der Waals surface area (Å²) in [5.74, 6) is 0.912. The summed E-state index contributed by atoms with van der Waals surface area (Å²) < 4.78 is 0.958. The van der Waals surface area contributed by atoms with E-state index in [2.05, 4.69) is 36.2 Å². The number of aromatic nitrogens is 3. The first-order chi connectivity index (χ1) is 7.25. The predicted molar refractivity (Wildman–Crippen MR) is 62.6 cm³/mol. The lowest BCUT2D eigenvalue weighted by Crippen LogP contribution is -2.08. The molecule has 0 radical (unpaired) electrons. The minimum atomic E-state index is 0.135. The molecule has 5 heteroatoms. The van der Waals surface area contributed by atoms with E-state index in [1.807, 2.05) is 19.2 Å². The molecule has 2 aromatic heterocycles. The Labute approximate surface area is 96.3 Å². The number of aromatic amines is 1. The smallest absolute Gasteiger partial charge is 0.128 e. The van der Waals surface area contributed by atoms with E-state index in [-0.39, 0.29) is 6.04 Å². The van der Waals surface area contributed by atoms with Crippen molar-refractivity contribution in [3.05, 3.63) is 41.2 Å². The van der Waals surface area contributed by atoms with Gasteiger partial charge in [0.2, 0.25) is 0 Å². The number of halogens is 1. The zero-order valence-electron chi connectivity index (χ0n) is 8.24. The molecule has 2 rings (SSSR count). The van der Waals surface area contributed by atoms with Crippen LogP contribution in [-0.4, -0.2) is 15.0 Å². The Morgan fingerprint density at radius 1 is 1.47 bits per heavy atom. The number of rotatable bonds is 3. The van der Waals surface area contributed by atoms with Crippen molar-refractivity contribution >= 4 is 21.6 Å². The number of nitrogens with one attached hydrogen (secondary N) is 2. The number of pyridine rings is 1. The normalized spacial score (nSPS) is 12.4. The molecule has 1 atom stereocenters. The molecule has 1 unspecified atom stereocenters. The van der Waals surface area contributed by atoms with Gasteiger partial charge in [0.1, 0.15) is 5.82 Å². The molecule has 0 bridgehead atoms. The number of hydrogen-bond acceptors (Lipinski definition) is 3. The van der Waals surface area contributed by atoms with Crippen LogP contribution >= 0.6 is 15.9 Å². The first-order valence-corrected chi connectivity index (χ1v) is 5.41. The molecule has 78 valence electrons. The molecule has 2 heterocycles. The number of H-pyrrole nitrogens is 1. The second-order valence-electron chi connectivity index (χ2n) is 3.23. The first-order valence-electron chi connectivity index (χ1n) is 4.62. The molecule has 0 saturated heterocycles. The van der Waals surface area contributed by atoms with E-state index in [1.54, 1.807) is 18.6 Å². The average Bonchev–Trinajstić information content (AvgIpc) is 2.70. The number of nitrogens with zero attached hydrogens (tertiary/aromatic N) is 2. The standard InChI is InChI=1S/C10H11BrN4/c1-7(10-13-2-3-14-10)15-9-4-8(11)5-12-6-9/h2-7,15H,1H3,(H,13,14). The highest BCUT2D eigenvalue weighted by molar-refractivity contribution is 9.10. The van der Waals surface area contributed by atoms with Crippen molar-refractivity contribution in [3.63, 3.8) is 0 Å². The molecule has 0 amide bonds. The van der Waals surface area contributed by atoms with Gasteiger partial charge in [-0.05, 0) is 28.9 Å². The van der Waals surface area contributed by atoms with Crippen LogP contribution < -0.4 is 5.32 Å². The molecule has 0 fully saturated rings. The molecule has 0 saturated carbocycles. The summed E-state index contributed by atoms with van der Waals surface area (Å²) in [6, 6.07) is 2.11. The van der Waals surface area contributed by atoms with Crippen molar-refractivity contribution in [1.29, 1.82) is 0 Å². The Balaban J connectivity index is 2.09. The van der Waals surface area contributed by atoms with Gasteiger partial charge in [-0.3, -0.25) is 4.98 Å². The van der Waals surface area contributed by atoms with Crippen LogP contribution in [0.15, 0.2) is 35.3 Å². The molecule has 0 aliphatic rings. The molecule has 15 heavy (non-hydrogen) atoms. The number of imidazole rings is 1. The summed E-state index contributed by atoms with van der Waals surface area (Å²) in [6.45, 7) is 2.04. The highest BCUT2D eigenvalue weighted by Gasteiger charge is 2.07. The fraction of sp³-hybridized carbons (Fsp3) is 0.200. The lowest BCUT2D eigenvalue weighted by atomic mass is 10.3. The van der Waals surface area contributed by atoms with Crippen LogP contribution in [0.4, 0.5) is 5.69 Å². The monoisotopic (exact) mass is 266 g/mol. The summed E-state index contributed by atoms with van der Waals surface area (Å²) in [5.41, 5.74) is 0.966. The van der Waals surface area contributed by atoms with Crippen molar-refractivity contribution in [2.24, 2.45) is 0 Å². The van der Waals surface area contributed by atoms with E-state index in [0.717, 1.165) is 16.0 Å². The number of hydrogen-bond donors (Lipinski definition) is 2. The largest absolute Gasteiger partial charge is 0.374 e. The average molecular weight is 267 g/mol. The minimum absolute atomic E-state index is 0.135. The van der Waals surface area contributed by atoms with Gasteiger partial charge in [0.25, 0.3) is 0 Å². The van der Waals surface area contributed by atoms with E-state index in [9.17, 15) is 0 Å². The Morgan fingerprint density at radius 3 is 3.00 bits per heavy atom. The van der Waals surface area contributed by atoms with Crippen LogP contribution in [0, 0.1) is 0 Å². The fourth-order valence-corrected chi connectivity index (χ4v) is 1.69. The lowest BCUT2D eigenvalue weighted by Gasteiger charge is -2.12. The molecular formula is C10H11BrN4. The third-order valence-electron chi connectivity index (χ3n) is 2.02. The molecule has 0 aromatic carbocycles. The topological polar surface area (TPSA) is 53.6 Å². The zero-order valence-corrected chi connectivity index (χ0v) is 9.82. The summed E-state index contributed by atoms with van der Waals surface area (Å²) in [7, 11) is 0. The quantitative estimate of drug-likeness (QED) is 0.899. The summed E-state index contributed by atoms with van der Waals surface area (Å²) in [5, 5.41) is 3.30. The van der Waals surface area contributed by atoms with Crippen molar-refractivity contribution in [1.82, 2.24) is 15.0 Å². The van der Waals surface area contributed by atoms with Gasteiger partial charge in [-0.2, -0.15) is 0 Å². The molecule has 0 spiro atoms. The maximum atomic E-state index is 4.18. The fourth-order valence-electron chi connectivity index (χ4n) is 1.32. The van der Waals surface area contributed by atoms with Crippen LogP contribution in [0.2, 0.25) is 0 Å². The maximum Gasteiger partial charge on any atom is 0.128 e. The highest BCUT2D eigenvalue weighted by Crippen LogP contribution is 2.18. The van der Waals surface area contributed by atoms with Gasteiger partial charge in [0, 0.05) is 23.1 Å². The Kier molecular flexibility index (Phi) is 3.01. The number of anilines is 1. The van der Waals surface area contributed by atoms with Crippen molar-refractivity contribution < 1.29 is 0 Å². The van der Waals surface area contributed by atoms with Crippen LogP contribution in [0.3, 0.4) is 0 Å². The SMILES string of the molecule is CC(Nc1cncc(Br)c1)c1ncc[nH]1. The molecule has 0 aliphatic carbocycles. The van der Waals surface area contributed by atoms with Crippen molar-refractivity contribution in [2.75, 3.05) is 5.32 Å². The second-order valence-corrected chi connectivity index (χ2v) is 4.15. The Morgan fingerprint density at radius 2 is 2.33 bits per heavy atom. The van der Waals surface area contributed by atoms with Crippen LogP contribution in [0.25, 0.3) is 0 Å².